The molecule has 0 bridgehead atoms. The molecule has 0 aliphatic heterocycles. The third-order valence-corrected chi connectivity index (χ3v) is 3.84. The number of aryl methyl sites for hydroxylation is 3. The standard InChI is InChI=1S/C13H16N2S/c1-9-6-12(16-11(9)3)8-15-13-4-5-14-7-10(13)2/h4-7H,8H2,1-3H3,(H,14,15). The van der Waals surface area contributed by atoms with Crippen LogP contribution in [0.2, 0.25) is 0 Å². The monoisotopic (exact) mass is 232 g/mol. The van der Waals surface area contributed by atoms with Crippen LogP contribution in [0.1, 0.15) is 20.9 Å². The molecule has 0 fully saturated rings. The topological polar surface area (TPSA) is 24.9 Å². The van der Waals surface area contributed by atoms with Crippen molar-refractivity contribution in [1.82, 2.24) is 4.98 Å². The number of hydrogen-bond acceptors (Lipinski definition) is 3. The Morgan fingerprint density at radius 1 is 1.25 bits per heavy atom. The zero-order valence-corrected chi connectivity index (χ0v) is 10.7. The van der Waals surface area contributed by atoms with Gasteiger partial charge in [-0.2, -0.15) is 0 Å². The Morgan fingerprint density at radius 3 is 2.69 bits per heavy atom. The number of thiophene rings is 1. The van der Waals surface area contributed by atoms with Gasteiger partial charge in [0.2, 0.25) is 0 Å². The Labute approximate surface area is 100 Å². The van der Waals surface area contributed by atoms with Crippen LogP contribution in [0.15, 0.2) is 24.5 Å². The highest BCUT2D eigenvalue weighted by atomic mass is 32.1. The van der Waals surface area contributed by atoms with E-state index in [1.807, 2.05) is 29.8 Å². The molecule has 3 heteroatoms. The zero-order valence-electron chi connectivity index (χ0n) is 9.87. The first-order chi connectivity index (χ1) is 7.66. The molecule has 2 aromatic rings. The van der Waals surface area contributed by atoms with Crippen molar-refractivity contribution >= 4 is 17.0 Å². The lowest BCUT2D eigenvalue weighted by Gasteiger charge is -2.06. The molecule has 0 radical (unpaired) electrons. The number of anilines is 1. The van der Waals surface area contributed by atoms with Crippen LogP contribution in [0, 0.1) is 20.8 Å². The average Bonchev–Trinajstić information content (AvgIpc) is 2.57. The van der Waals surface area contributed by atoms with E-state index in [9.17, 15) is 0 Å². The molecule has 0 atom stereocenters. The van der Waals surface area contributed by atoms with E-state index in [0.29, 0.717) is 0 Å². The number of hydrogen-bond donors (Lipinski definition) is 1. The second kappa shape index (κ2) is 4.66. The lowest BCUT2D eigenvalue weighted by Crippen LogP contribution is -1.99. The van der Waals surface area contributed by atoms with Gasteiger partial charge < -0.3 is 5.32 Å². The molecule has 0 aliphatic rings. The van der Waals surface area contributed by atoms with Crippen LogP contribution >= 0.6 is 11.3 Å². The maximum absolute atomic E-state index is 4.08. The fourth-order valence-corrected chi connectivity index (χ4v) is 2.58. The molecule has 2 heterocycles. The first-order valence-corrected chi connectivity index (χ1v) is 6.19. The number of nitrogens with zero attached hydrogens (tertiary/aromatic N) is 1. The van der Waals surface area contributed by atoms with Gasteiger partial charge >= 0.3 is 0 Å². The molecule has 1 N–H and O–H groups in total. The van der Waals surface area contributed by atoms with Crippen LogP contribution in [0.5, 0.6) is 0 Å². The van der Waals surface area contributed by atoms with E-state index >= 15 is 0 Å². The van der Waals surface area contributed by atoms with E-state index in [2.05, 4.69) is 37.1 Å². The van der Waals surface area contributed by atoms with Crippen LogP contribution in [0.4, 0.5) is 5.69 Å². The van der Waals surface area contributed by atoms with Crippen molar-refractivity contribution in [2.75, 3.05) is 5.32 Å². The summed E-state index contributed by atoms with van der Waals surface area (Å²) in [4.78, 5) is 6.87. The van der Waals surface area contributed by atoms with E-state index in [4.69, 9.17) is 0 Å². The van der Waals surface area contributed by atoms with Crippen LogP contribution in [0.3, 0.4) is 0 Å². The average molecular weight is 232 g/mol. The molecule has 16 heavy (non-hydrogen) atoms. The predicted molar refractivity (Wildman–Crippen MR) is 70.1 cm³/mol. The largest absolute Gasteiger partial charge is 0.380 e. The fourth-order valence-electron chi connectivity index (χ4n) is 1.59. The van der Waals surface area contributed by atoms with Gasteiger partial charge in [-0.3, -0.25) is 4.98 Å². The molecule has 2 nitrogen and oxygen atoms in total. The van der Waals surface area contributed by atoms with Crippen molar-refractivity contribution in [3.8, 4) is 0 Å². The molecule has 0 saturated carbocycles. The maximum Gasteiger partial charge on any atom is 0.0494 e. The Hall–Kier alpha value is -1.35. The Balaban J connectivity index is 2.05. The highest BCUT2D eigenvalue weighted by Gasteiger charge is 2.02. The van der Waals surface area contributed by atoms with E-state index in [-0.39, 0.29) is 0 Å². The highest BCUT2D eigenvalue weighted by molar-refractivity contribution is 7.12. The molecule has 84 valence electrons. The smallest absolute Gasteiger partial charge is 0.0494 e. The number of rotatable bonds is 3. The summed E-state index contributed by atoms with van der Waals surface area (Å²) in [7, 11) is 0. The van der Waals surface area contributed by atoms with Gasteiger partial charge in [0.15, 0.2) is 0 Å². The zero-order chi connectivity index (χ0) is 11.5. The van der Waals surface area contributed by atoms with E-state index < -0.39 is 0 Å². The molecule has 0 aliphatic carbocycles. The summed E-state index contributed by atoms with van der Waals surface area (Å²) >= 11 is 1.86. The van der Waals surface area contributed by atoms with Crippen LogP contribution < -0.4 is 5.32 Å². The van der Waals surface area contributed by atoms with Crippen molar-refractivity contribution in [3.05, 3.63) is 45.4 Å². The first kappa shape index (κ1) is 11.1. The molecule has 0 spiro atoms. The molecule has 0 amide bonds. The fraction of sp³-hybridized carbons (Fsp3) is 0.308. The second-order valence-corrected chi connectivity index (χ2v) is 5.34. The van der Waals surface area contributed by atoms with Crippen molar-refractivity contribution < 1.29 is 0 Å². The molecule has 2 rings (SSSR count). The van der Waals surface area contributed by atoms with E-state index in [0.717, 1.165) is 6.54 Å². The molecule has 0 saturated heterocycles. The number of nitrogens with one attached hydrogen (secondary N) is 1. The lowest BCUT2D eigenvalue weighted by molar-refractivity contribution is 1.16. The predicted octanol–water partition coefficient (Wildman–Crippen LogP) is 3.68. The van der Waals surface area contributed by atoms with Gasteiger partial charge in [0, 0.05) is 34.4 Å². The summed E-state index contributed by atoms with van der Waals surface area (Å²) in [5.74, 6) is 0. The van der Waals surface area contributed by atoms with Crippen molar-refractivity contribution in [2.45, 2.75) is 27.3 Å². The minimum Gasteiger partial charge on any atom is -0.380 e. The summed E-state index contributed by atoms with van der Waals surface area (Å²) in [6.07, 6.45) is 3.70. The van der Waals surface area contributed by atoms with Crippen molar-refractivity contribution in [2.24, 2.45) is 0 Å². The van der Waals surface area contributed by atoms with Crippen molar-refractivity contribution in [3.63, 3.8) is 0 Å². The summed E-state index contributed by atoms with van der Waals surface area (Å²) in [5, 5.41) is 3.44. The van der Waals surface area contributed by atoms with Crippen LogP contribution in [-0.4, -0.2) is 4.98 Å². The second-order valence-electron chi connectivity index (χ2n) is 4.00. The van der Waals surface area contributed by atoms with E-state index in [1.165, 1.54) is 26.6 Å². The summed E-state index contributed by atoms with van der Waals surface area (Å²) in [5.41, 5.74) is 3.74. The summed E-state index contributed by atoms with van der Waals surface area (Å²) in [6.45, 7) is 7.29. The third-order valence-electron chi connectivity index (χ3n) is 2.69. The van der Waals surface area contributed by atoms with Gasteiger partial charge in [0.25, 0.3) is 0 Å². The van der Waals surface area contributed by atoms with E-state index in [1.54, 1.807) is 0 Å². The summed E-state index contributed by atoms with van der Waals surface area (Å²) in [6, 6.07) is 4.27. The van der Waals surface area contributed by atoms with Crippen LogP contribution in [-0.2, 0) is 6.54 Å². The summed E-state index contributed by atoms with van der Waals surface area (Å²) < 4.78 is 0. The van der Waals surface area contributed by atoms with Crippen molar-refractivity contribution in [1.29, 1.82) is 0 Å². The molecule has 0 aromatic carbocycles. The lowest BCUT2D eigenvalue weighted by atomic mass is 10.2. The molecular formula is C13H16N2S. The number of pyridine rings is 1. The Kier molecular flexibility index (Phi) is 3.25. The van der Waals surface area contributed by atoms with Gasteiger partial charge in [0.05, 0.1) is 0 Å². The highest BCUT2D eigenvalue weighted by Crippen LogP contribution is 2.22. The van der Waals surface area contributed by atoms with Crippen LogP contribution in [0.25, 0.3) is 0 Å². The SMILES string of the molecule is Cc1cnccc1NCc1cc(C)c(C)s1. The normalized spacial score (nSPS) is 10.4. The quantitative estimate of drug-likeness (QED) is 0.873. The maximum atomic E-state index is 4.08. The molecule has 0 unspecified atom stereocenters. The molecule has 2 aromatic heterocycles. The van der Waals surface area contributed by atoms with Gasteiger partial charge in [-0.1, -0.05) is 0 Å². The van der Waals surface area contributed by atoms with Gasteiger partial charge in [-0.05, 0) is 44.0 Å². The minimum atomic E-state index is 0.893. The van der Waals surface area contributed by atoms with Gasteiger partial charge in [-0.15, -0.1) is 11.3 Å². The third kappa shape index (κ3) is 2.42. The van der Waals surface area contributed by atoms with Gasteiger partial charge in [-0.25, -0.2) is 0 Å². The Bertz CT molecular complexity index is 469. The minimum absolute atomic E-state index is 0.893. The van der Waals surface area contributed by atoms with Gasteiger partial charge in [0.1, 0.15) is 0 Å². The first-order valence-electron chi connectivity index (χ1n) is 5.37. The molecular weight excluding hydrogens is 216 g/mol. The number of aromatic nitrogens is 1. The Morgan fingerprint density at radius 2 is 2.06 bits per heavy atom.